The molecule has 5 rings (SSSR count). The van der Waals surface area contributed by atoms with E-state index in [0.29, 0.717) is 6.61 Å². The molecule has 3 aromatic rings. The molecule has 0 aromatic heterocycles. The van der Waals surface area contributed by atoms with Gasteiger partial charge in [-0.2, -0.15) is 0 Å². The molecule has 0 spiro atoms. The molecule has 0 atom stereocenters. The first kappa shape index (κ1) is 27.8. The molecule has 2 aliphatic heterocycles. The smallest absolute Gasteiger partial charge is 0.331 e. The standard InChI is InChI=1S/C34H40N2O4/c1-9-39-31(37)34(6,7)35-25-15-11-13-22(17-25)21-12-10-14-23(16-21)29-28-24(19-32(2,3)36-29)18-27(38-8)30-26(28)20-33(4,5)40-30/h10-18,35H,9,19-20H2,1-8H3. The topological polar surface area (TPSA) is 69.2 Å². The van der Waals surface area contributed by atoms with E-state index in [1.165, 1.54) is 16.7 Å². The summed E-state index contributed by atoms with van der Waals surface area (Å²) in [5.41, 5.74) is 7.20. The van der Waals surface area contributed by atoms with Crippen molar-refractivity contribution in [2.75, 3.05) is 19.0 Å². The van der Waals surface area contributed by atoms with Crippen LogP contribution in [0.3, 0.4) is 0 Å². The Balaban J connectivity index is 1.56. The zero-order valence-electron chi connectivity index (χ0n) is 24.9. The summed E-state index contributed by atoms with van der Waals surface area (Å²) in [4.78, 5) is 17.7. The van der Waals surface area contributed by atoms with Crippen molar-refractivity contribution in [2.24, 2.45) is 4.99 Å². The van der Waals surface area contributed by atoms with Crippen LogP contribution in [-0.2, 0) is 22.4 Å². The lowest BCUT2D eigenvalue weighted by molar-refractivity contribution is -0.147. The van der Waals surface area contributed by atoms with Gasteiger partial charge in [-0.1, -0.05) is 30.3 Å². The van der Waals surface area contributed by atoms with Crippen LogP contribution >= 0.6 is 0 Å². The highest BCUT2D eigenvalue weighted by molar-refractivity contribution is 6.16. The highest BCUT2D eigenvalue weighted by Gasteiger charge is 2.39. The number of carbonyl (C=O) groups is 1. The Bertz CT molecular complexity index is 1500. The van der Waals surface area contributed by atoms with Gasteiger partial charge in [0.05, 0.1) is 25.0 Å². The fraction of sp³-hybridized carbons (Fsp3) is 0.412. The summed E-state index contributed by atoms with van der Waals surface area (Å²) in [7, 11) is 1.71. The van der Waals surface area contributed by atoms with E-state index in [2.05, 4.69) is 75.5 Å². The molecule has 0 bridgehead atoms. The number of methoxy groups -OCH3 is 1. The number of esters is 1. The van der Waals surface area contributed by atoms with Crippen molar-refractivity contribution in [1.29, 1.82) is 0 Å². The summed E-state index contributed by atoms with van der Waals surface area (Å²) in [5.74, 6) is 1.34. The van der Waals surface area contributed by atoms with Gasteiger partial charge in [0.25, 0.3) is 0 Å². The van der Waals surface area contributed by atoms with Crippen molar-refractivity contribution in [1.82, 2.24) is 0 Å². The zero-order chi connectivity index (χ0) is 28.9. The maximum Gasteiger partial charge on any atom is 0.331 e. The van der Waals surface area contributed by atoms with Crippen molar-refractivity contribution in [3.05, 3.63) is 76.9 Å². The fourth-order valence-corrected chi connectivity index (χ4v) is 5.78. The van der Waals surface area contributed by atoms with E-state index in [1.54, 1.807) is 7.11 Å². The van der Waals surface area contributed by atoms with E-state index in [0.717, 1.165) is 52.4 Å². The van der Waals surface area contributed by atoms with Crippen LogP contribution < -0.4 is 14.8 Å². The third-order valence-corrected chi connectivity index (χ3v) is 7.48. The van der Waals surface area contributed by atoms with Crippen molar-refractivity contribution < 1.29 is 19.0 Å². The van der Waals surface area contributed by atoms with Crippen LogP contribution in [0.2, 0.25) is 0 Å². The van der Waals surface area contributed by atoms with Crippen LogP contribution in [0.15, 0.2) is 59.6 Å². The number of anilines is 1. The van der Waals surface area contributed by atoms with E-state index in [4.69, 9.17) is 19.2 Å². The first-order valence-corrected chi connectivity index (χ1v) is 14.0. The number of hydrogen-bond acceptors (Lipinski definition) is 6. The molecule has 0 saturated carbocycles. The van der Waals surface area contributed by atoms with Gasteiger partial charge in [0.15, 0.2) is 11.5 Å². The van der Waals surface area contributed by atoms with Crippen LogP contribution in [0.4, 0.5) is 5.69 Å². The molecule has 0 radical (unpaired) electrons. The summed E-state index contributed by atoms with van der Waals surface area (Å²) in [6, 6.07) is 18.8. The minimum Gasteiger partial charge on any atom is -0.493 e. The van der Waals surface area contributed by atoms with Crippen LogP contribution in [0.25, 0.3) is 11.1 Å². The fourth-order valence-electron chi connectivity index (χ4n) is 5.78. The predicted molar refractivity (Wildman–Crippen MR) is 161 cm³/mol. The number of nitrogens with zero attached hydrogens (tertiary/aromatic N) is 1. The molecule has 0 aliphatic carbocycles. The molecular weight excluding hydrogens is 500 g/mol. The third kappa shape index (κ3) is 5.32. The Morgan fingerprint density at radius 3 is 2.38 bits per heavy atom. The summed E-state index contributed by atoms with van der Waals surface area (Å²) < 4.78 is 17.4. The van der Waals surface area contributed by atoms with Crippen LogP contribution in [0, 0.1) is 0 Å². The van der Waals surface area contributed by atoms with Gasteiger partial charge in [0, 0.05) is 28.8 Å². The quantitative estimate of drug-likeness (QED) is 0.327. The largest absolute Gasteiger partial charge is 0.493 e. The van der Waals surface area contributed by atoms with Crippen LogP contribution in [-0.4, -0.2) is 42.1 Å². The lowest BCUT2D eigenvalue weighted by Crippen LogP contribution is -2.41. The first-order chi connectivity index (χ1) is 18.8. The minimum atomic E-state index is -0.847. The highest BCUT2D eigenvalue weighted by Crippen LogP contribution is 2.48. The van der Waals surface area contributed by atoms with E-state index >= 15 is 0 Å². The predicted octanol–water partition coefficient (Wildman–Crippen LogP) is 7.00. The molecule has 0 amide bonds. The van der Waals surface area contributed by atoms with Gasteiger partial charge in [-0.3, -0.25) is 4.99 Å². The monoisotopic (exact) mass is 540 g/mol. The van der Waals surface area contributed by atoms with Gasteiger partial charge in [-0.25, -0.2) is 4.79 Å². The number of rotatable bonds is 7. The first-order valence-electron chi connectivity index (χ1n) is 14.0. The lowest BCUT2D eigenvalue weighted by atomic mass is 9.80. The van der Waals surface area contributed by atoms with Gasteiger partial charge < -0.3 is 19.5 Å². The van der Waals surface area contributed by atoms with Crippen LogP contribution in [0.1, 0.15) is 70.7 Å². The second kappa shape index (κ2) is 9.99. The minimum absolute atomic E-state index is 0.255. The summed E-state index contributed by atoms with van der Waals surface area (Å²) in [5, 5.41) is 3.34. The molecule has 2 aliphatic rings. The molecule has 6 heteroatoms. The molecular formula is C34H40N2O4. The SMILES string of the molecule is CCOC(=O)C(C)(C)Nc1cccc(-c2cccc(C3=NC(C)(C)Cc4cc(OC)c5c(c43)CC(C)(C)O5)c2)c1. The number of aliphatic imine (C=N–C) groups is 1. The van der Waals surface area contributed by atoms with Gasteiger partial charge in [-0.15, -0.1) is 0 Å². The maximum absolute atomic E-state index is 12.4. The molecule has 3 aromatic carbocycles. The highest BCUT2D eigenvalue weighted by atomic mass is 16.5. The number of hydrogen-bond donors (Lipinski definition) is 1. The molecule has 6 nitrogen and oxygen atoms in total. The van der Waals surface area contributed by atoms with E-state index in [1.807, 2.05) is 32.9 Å². The van der Waals surface area contributed by atoms with Crippen molar-refractivity contribution in [3.63, 3.8) is 0 Å². The molecule has 0 saturated heterocycles. The zero-order valence-corrected chi connectivity index (χ0v) is 24.9. The third-order valence-electron chi connectivity index (χ3n) is 7.48. The Morgan fingerprint density at radius 2 is 1.68 bits per heavy atom. The van der Waals surface area contributed by atoms with E-state index in [-0.39, 0.29) is 17.1 Å². The van der Waals surface area contributed by atoms with Crippen LogP contribution in [0.5, 0.6) is 11.5 Å². The number of ether oxygens (including phenoxy) is 3. The van der Waals surface area contributed by atoms with E-state index < -0.39 is 5.54 Å². The molecule has 2 heterocycles. The van der Waals surface area contributed by atoms with Gasteiger partial charge in [-0.05, 0) is 95.8 Å². The Hall–Kier alpha value is -3.80. The lowest BCUT2D eigenvalue weighted by Gasteiger charge is -2.31. The number of nitrogens with one attached hydrogen (secondary N) is 1. The average Bonchev–Trinajstić information content (AvgIpc) is 3.22. The van der Waals surface area contributed by atoms with Crippen molar-refractivity contribution in [3.8, 4) is 22.6 Å². The number of benzene rings is 3. The number of fused-ring (bicyclic) bond motifs is 3. The average molecular weight is 541 g/mol. The van der Waals surface area contributed by atoms with E-state index in [9.17, 15) is 4.79 Å². The normalized spacial score (nSPS) is 16.8. The van der Waals surface area contributed by atoms with Crippen molar-refractivity contribution >= 4 is 17.4 Å². The number of carbonyl (C=O) groups excluding carboxylic acids is 1. The summed E-state index contributed by atoms with van der Waals surface area (Å²) in [6.07, 6.45) is 1.63. The molecule has 0 unspecified atom stereocenters. The van der Waals surface area contributed by atoms with Gasteiger partial charge >= 0.3 is 5.97 Å². The second-order valence-corrected chi connectivity index (χ2v) is 12.5. The molecule has 0 fully saturated rings. The second-order valence-electron chi connectivity index (χ2n) is 12.5. The summed E-state index contributed by atoms with van der Waals surface area (Å²) >= 11 is 0. The Labute approximate surface area is 237 Å². The van der Waals surface area contributed by atoms with Crippen molar-refractivity contribution in [2.45, 2.75) is 78.0 Å². The van der Waals surface area contributed by atoms with Gasteiger partial charge in [0.2, 0.25) is 0 Å². The molecule has 1 N–H and O–H groups in total. The Kier molecular flexibility index (Phi) is 6.93. The summed E-state index contributed by atoms with van der Waals surface area (Å²) in [6.45, 7) is 14.4. The molecule has 40 heavy (non-hydrogen) atoms. The molecule has 210 valence electrons. The van der Waals surface area contributed by atoms with Gasteiger partial charge in [0.1, 0.15) is 11.1 Å². The maximum atomic E-state index is 12.4. The Morgan fingerprint density at radius 1 is 1.00 bits per heavy atom.